The van der Waals surface area contributed by atoms with Crippen molar-refractivity contribution in [3.05, 3.63) is 23.7 Å². The van der Waals surface area contributed by atoms with Crippen LogP contribution in [0.1, 0.15) is 38.5 Å². The fourth-order valence-corrected chi connectivity index (χ4v) is 2.31. The first-order valence-electron chi connectivity index (χ1n) is 6.87. The molecule has 1 rings (SSSR count). The lowest BCUT2D eigenvalue weighted by molar-refractivity contribution is 0.198. The van der Waals surface area contributed by atoms with E-state index in [0.717, 1.165) is 31.9 Å². The highest BCUT2D eigenvalue weighted by Crippen LogP contribution is 2.18. The van der Waals surface area contributed by atoms with Gasteiger partial charge in [-0.1, -0.05) is 20.8 Å². The molecule has 0 bridgehead atoms. The average molecular weight is 252 g/mol. The normalized spacial score (nSPS) is 12.3. The molecule has 0 saturated carbocycles. The summed E-state index contributed by atoms with van der Waals surface area (Å²) in [7, 11) is 2.17. The van der Waals surface area contributed by atoms with Crippen LogP contribution in [0.5, 0.6) is 0 Å². The Morgan fingerprint density at radius 2 is 2.11 bits per heavy atom. The quantitative estimate of drug-likeness (QED) is 0.721. The molecule has 1 aromatic heterocycles. The molecule has 0 radical (unpaired) electrons. The molecule has 0 amide bonds. The minimum absolute atomic E-state index is 0.293. The SMILES string of the molecule is CCCNCC(C)(C)CN(C)Cc1ccoc1C. The summed E-state index contributed by atoms with van der Waals surface area (Å²) in [4.78, 5) is 2.37. The van der Waals surface area contributed by atoms with Gasteiger partial charge in [-0.3, -0.25) is 0 Å². The maximum absolute atomic E-state index is 5.34. The molecule has 0 atom stereocenters. The summed E-state index contributed by atoms with van der Waals surface area (Å²) in [6.07, 6.45) is 2.96. The molecule has 18 heavy (non-hydrogen) atoms. The molecule has 0 aliphatic rings. The monoisotopic (exact) mass is 252 g/mol. The number of hydrogen-bond donors (Lipinski definition) is 1. The van der Waals surface area contributed by atoms with E-state index in [1.807, 2.05) is 6.92 Å². The first-order chi connectivity index (χ1) is 8.44. The third kappa shape index (κ3) is 5.23. The Balaban J connectivity index is 2.38. The van der Waals surface area contributed by atoms with Crippen LogP contribution in [0.4, 0.5) is 0 Å². The van der Waals surface area contributed by atoms with E-state index in [9.17, 15) is 0 Å². The summed E-state index contributed by atoms with van der Waals surface area (Å²) < 4.78 is 5.34. The average Bonchev–Trinajstić information content (AvgIpc) is 2.63. The first kappa shape index (κ1) is 15.3. The lowest BCUT2D eigenvalue weighted by Gasteiger charge is -2.30. The second-order valence-corrected chi connectivity index (χ2v) is 6.02. The van der Waals surface area contributed by atoms with Gasteiger partial charge in [0, 0.05) is 25.2 Å². The van der Waals surface area contributed by atoms with Crippen LogP contribution in [-0.4, -0.2) is 31.6 Å². The molecule has 0 saturated heterocycles. The zero-order valence-corrected chi connectivity index (χ0v) is 12.5. The van der Waals surface area contributed by atoms with Gasteiger partial charge in [-0.15, -0.1) is 0 Å². The van der Waals surface area contributed by atoms with Gasteiger partial charge in [0.25, 0.3) is 0 Å². The molecule has 1 aromatic rings. The van der Waals surface area contributed by atoms with Crippen molar-refractivity contribution in [2.75, 3.05) is 26.7 Å². The molecule has 0 aliphatic heterocycles. The van der Waals surface area contributed by atoms with Crippen LogP contribution in [0.25, 0.3) is 0 Å². The Hall–Kier alpha value is -0.800. The second-order valence-electron chi connectivity index (χ2n) is 6.02. The molecule has 0 fully saturated rings. The predicted molar refractivity (Wildman–Crippen MR) is 76.7 cm³/mol. The standard InChI is InChI=1S/C15H28N2O/c1-6-8-16-11-15(3,4)12-17(5)10-14-7-9-18-13(14)2/h7,9,16H,6,8,10-12H2,1-5H3. The summed E-state index contributed by atoms with van der Waals surface area (Å²) >= 11 is 0. The number of rotatable bonds is 8. The molecule has 0 spiro atoms. The molecular weight excluding hydrogens is 224 g/mol. The zero-order valence-electron chi connectivity index (χ0n) is 12.5. The minimum Gasteiger partial charge on any atom is -0.469 e. The summed E-state index contributed by atoms with van der Waals surface area (Å²) in [5.74, 6) is 1.03. The highest BCUT2D eigenvalue weighted by Gasteiger charge is 2.20. The maximum Gasteiger partial charge on any atom is 0.105 e. The minimum atomic E-state index is 0.293. The topological polar surface area (TPSA) is 28.4 Å². The highest BCUT2D eigenvalue weighted by atomic mass is 16.3. The van der Waals surface area contributed by atoms with Crippen LogP contribution in [0.3, 0.4) is 0 Å². The Morgan fingerprint density at radius 1 is 1.39 bits per heavy atom. The van der Waals surface area contributed by atoms with E-state index in [2.05, 4.69) is 44.1 Å². The first-order valence-corrected chi connectivity index (χ1v) is 6.87. The van der Waals surface area contributed by atoms with E-state index in [-0.39, 0.29) is 0 Å². The van der Waals surface area contributed by atoms with Crippen molar-refractivity contribution in [1.29, 1.82) is 0 Å². The molecule has 0 unspecified atom stereocenters. The van der Waals surface area contributed by atoms with E-state index < -0.39 is 0 Å². The van der Waals surface area contributed by atoms with Crippen molar-refractivity contribution in [3.63, 3.8) is 0 Å². The van der Waals surface area contributed by atoms with Gasteiger partial charge in [0.1, 0.15) is 5.76 Å². The van der Waals surface area contributed by atoms with Gasteiger partial charge in [-0.05, 0) is 38.4 Å². The predicted octanol–water partition coefficient (Wildman–Crippen LogP) is 3.05. The fraction of sp³-hybridized carbons (Fsp3) is 0.733. The van der Waals surface area contributed by atoms with Crippen molar-refractivity contribution in [2.45, 2.75) is 40.7 Å². The van der Waals surface area contributed by atoms with Gasteiger partial charge in [0.15, 0.2) is 0 Å². The fourth-order valence-electron chi connectivity index (χ4n) is 2.31. The van der Waals surface area contributed by atoms with Crippen molar-refractivity contribution < 1.29 is 4.42 Å². The van der Waals surface area contributed by atoms with Crippen LogP contribution in [0.2, 0.25) is 0 Å². The lowest BCUT2D eigenvalue weighted by atomic mass is 9.92. The molecule has 1 heterocycles. The van der Waals surface area contributed by atoms with E-state index in [4.69, 9.17) is 4.42 Å². The van der Waals surface area contributed by atoms with Crippen molar-refractivity contribution >= 4 is 0 Å². The van der Waals surface area contributed by atoms with Crippen LogP contribution in [0, 0.1) is 12.3 Å². The number of nitrogens with zero attached hydrogens (tertiary/aromatic N) is 1. The molecule has 0 aromatic carbocycles. The molecule has 3 nitrogen and oxygen atoms in total. The number of furan rings is 1. The van der Waals surface area contributed by atoms with E-state index >= 15 is 0 Å². The molecule has 3 heteroatoms. The summed E-state index contributed by atoms with van der Waals surface area (Å²) in [6.45, 7) is 13.1. The third-order valence-electron chi connectivity index (χ3n) is 3.13. The Bertz CT molecular complexity index is 344. The van der Waals surface area contributed by atoms with E-state index in [1.165, 1.54) is 12.0 Å². The smallest absolute Gasteiger partial charge is 0.105 e. The van der Waals surface area contributed by atoms with Gasteiger partial charge in [-0.25, -0.2) is 0 Å². The maximum atomic E-state index is 5.34. The van der Waals surface area contributed by atoms with Gasteiger partial charge in [0.05, 0.1) is 6.26 Å². The van der Waals surface area contributed by atoms with Crippen molar-refractivity contribution in [3.8, 4) is 0 Å². The highest BCUT2D eigenvalue weighted by molar-refractivity contribution is 5.15. The van der Waals surface area contributed by atoms with Gasteiger partial charge in [-0.2, -0.15) is 0 Å². The number of nitrogens with one attached hydrogen (secondary N) is 1. The summed E-state index contributed by atoms with van der Waals surface area (Å²) in [5.41, 5.74) is 1.58. The Kier molecular flexibility index (Phi) is 5.89. The van der Waals surface area contributed by atoms with Crippen molar-refractivity contribution in [2.24, 2.45) is 5.41 Å². The van der Waals surface area contributed by atoms with Crippen LogP contribution in [-0.2, 0) is 6.54 Å². The zero-order chi connectivity index (χ0) is 13.6. The molecular formula is C15H28N2O. The van der Waals surface area contributed by atoms with E-state index in [1.54, 1.807) is 6.26 Å². The Morgan fingerprint density at radius 3 is 2.67 bits per heavy atom. The summed E-state index contributed by atoms with van der Waals surface area (Å²) in [6, 6.07) is 2.06. The van der Waals surface area contributed by atoms with Crippen molar-refractivity contribution in [1.82, 2.24) is 10.2 Å². The molecule has 104 valence electrons. The van der Waals surface area contributed by atoms with Gasteiger partial charge < -0.3 is 14.6 Å². The van der Waals surface area contributed by atoms with Crippen LogP contribution >= 0.6 is 0 Å². The van der Waals surface area contributed by atoms with Crippen LogP contribution < -0.4 is 5.32 Å². The number of hydrogen-bond acceptors (Lipinski definition) is 3. The van der Waals surface area contributed by atoms with Crippen LogP contribution in [0.15, 0.2) is 16.7 Å². The summed E-state index contributed by atoms with van der Waals surface area (Å²) in [5, 5.41) is 3.51. The van der Waals surface area contributed by atoms with Gasteiger partial charge >= 0.3 is 0 Å². The van der Waals surface area contributed by atoms with E-state index in [0.29, 0.717) is 5.41 Å². The largest absolute Gasteiger partial charge is 0.469 e. The second kappa shape index (κ2) is 6.95. The number of aryl methyl sites for hydroxylation is 1. The third-order valence-corrected chi connectivity index (χ3v) is 3.13. The molecule has 0 aliphatic carbocycles. The lowest BCUT2D eigenvalue weighted by Crippen LogP contribution is -2.39. The Labute approximate surface area is 112 Å². The van der Waals surface area contributed by atoms with Gasteiger partial charge in [0.2, 0.25) is 0 Å². The molecule has 1 N–H and O–H groups in total.